The van der Waals surface area contributed by atoms with Gasteiger partial charge in [-0.05, 0) is 65.2 Å². The van der Waals surface area contributed by atoms with Gasteiger partial charge in [0.2, 0.25) is 0 Å². The minimum Gasteiger partial charge on any atom is -0.0810 e. The predicted molar refractivity (Wildman–Crippen MR) is 103 cm³/mol. The number of hydrogen-bond acceptors (Lipinski definition) is 0. The molecule has 0 aliphatic heterocycles. The molecule has 0 saturated carbocycles. The van der Waals surface area contributed by atoms with Crippen molar-refractivity contribution in [2.75, 3.05) is 0 Å². The number of allylic oxidation sites excluding steroid dienone is 4. The summed E-state index contributed by atoms with van der Waals surface area (Å²) in [5.41, 5.74) is 6.35. The Labute approximate surface area is 140 Å². The van der Waals surface area contributed by atoms with Gasteiger partial charge < -0.3 is 0 Å². The van der Waals surface area contributed by atoms with Crippen molar-refractivity contribution in [3.8, 4) is 0 Å². The van der Waals surface area contributed by atoms with Gasteiger partial charge in [0, 0.05) is 0 Å². The first kappa shape index (κ1) is 16.1. The van der Waals surface area contributed by atoms with E-state index in [0.717, 1.165) is 0 Å². The molecule has 23 heavy (non-hydrogen) atoms. The lowest BCUT2D eigenvalue weighted by Crippen LogP contribution is -1.90. The molecule has 0 fully saturated rings. The molecule has 0 unspecified atom stereocenters. The largest absolute Gasteiger partial charge is 0.0810 e. The van der Waals surface area contributed by atoms with Gasteiger partial charge in [0.1, 0.15) is 0 Å². The van der Waals surface area contributed by atoms with Crippen LogP contribution in [0.2, 0.25) is 0 Å². The molecule has 1 aliphatic rings. The summed E-state index contributed by atoms with van der Waals surface area (Å²) in [5, 5.41) is 2.77. The second-order valence-electron chi connectivity index (χ2n) is 6.61. The number of rotatable bonds is 6. The molecule has 2 aromatic carbocycles. The fourth-order valence-corrected chi connectivity index (χ4v) is 3.75. The summed E-state index contributed by atoms with van der Waals surface area (Å²) in [4.78, 5) is 0. The van der Waals surface area contributed by atoms with E-state index in [0.29, 0.717) is 0 Å². The molecule has 0 nitrogen and oxygen atoms in total. The minimum atomic E-state index is 1.21. The summed E-state index contributed by atoms with van der Waals surface area (Å²) in [6.45, 7) is 4.57. The fourth-order valence-electron chi connectivity index (χ4n) is 3.75. The summed E-state index contributed by atoms with van der Waals surface area (Å²) in [6, 6.07) is 15.6. The normalized spacial score (nSPS) is 16.7. The van der Waals surface area contributed by atoms with Gasteiger partial charge in [-0.2, -0.15) is 0 Å². The number of fused-ring (bicyclic) bond motifs is 1. The number of hydrogen-bond donors (Lipinski definition) is 0. The van der Waals surface area contributed by atoms with E-state index in [1.54, 1.807) is 16.7 Å². The van der Waals surface area contributed by atoms with Crippen LogP contribution in [0.4, 0.5) is 0 Å². The molecule has 2 aromatic rings. The second kappa shape index (κ2) is 7.64. The Bertz CT molecular complexity index is 725. The molecular formula is C23H28. The average Bonchev–Trinajstić information content (AvgIpc) is 3.00. The van der Waals surface area contributed by atoms with Crippen LogP contribution in [0, 0.1) is 0 Å². The van der Waals surface area contributed by atoms with Crippen molar-refractivity contribution in [1.29, 1.82) is 0 Å². The van der Waals surface area contributed by atoms with E-state index in [2.05, 4.69) is 62.4 Å². The molecule has 0 spiro atoms. The van der Waals surface area contributed by atoms with E-state index < -0.39 is 0 Å². The summed E-state index contributed by atoms with van der Waals surface area (Å²) in [6.07, 6.45) is 11.2. The van der Waals surface area contributed by atoms with Gasteiger partial charge in [0.25, 0.3) is 0 Å². The van der Waals surface area contributed by atoms with Gasteiger partial charge >= 0.3 is 0 Å². The van der Waals surface area contributed by atoms with Crippen molar-refractivity contribution in [2.24, 2.45) is 0 Å². The van der Waals surface area contributed by atoms with Gasteiger partial charge in [0.15, 0.2) is 0 Å². The van der Waals surface area contributed by atoms with E-state index in [9.17, 15) is 0 Å². The average molecular weight is 304 g/mol. The van der Waals surface area contributed by atoms with Crippen molar-refractivity contribution < 1.29 is 0 Å². The first-order valence-corrected chi connectivity index (χ1v) is 9.24. The zero-order valence-electron chi connectivity index (χ0n) is 14.6. The Morgan fingerprint density at radius 3 is 2.57 bits per heavy atom. The summed E-state index contributed by atoms with van der Waals surface area (Å²) >= 11 is 0. The third-order valence-corrected chi connectivity index (χ3v) is 4.97. The van der Waals surface area contributed by atoms with Gasteiger partial charge in [-0.15, -0.1) is 0 Å². The smallest absolute Gasteiger partial charge is 0.0109 e. The van der Waals surface area contributed by atoms with Crippen molar-refractivity contribution in [3.63, 3.8) is 0 Å². The van der Waals surface area contributed by atoms with Crippen molar-refractivity contribution >= 4 is 16.3 Å². The predicted octanol–water partition coefficient (Wildman–Crippen LogP) is 7.30. The highest BCUT2D eigenvalue weighted by molar-refractivity contribution is 5.95. The van der Waals surface area contributed by atoms with Gasteiger partial charge in [-0.3, -0.25) is 0 Å². The maximum Gasteiger partial charge on any atom is -0.0109 e. The topological polar surface area (TPSA) is 0 Å². The van der Waals surface area contributed by atoms with E-state index >= 15 is 0 Å². The van der Waals surface area contributed by atoms with Gasteiger partial charge in [-0.25, -0.2) is 0 Å². The number of benzene rings is 2. The highest BCUT2D eigenvalue weighted by Crippen LogP contribution is 2.42. The van der Waals surface area contributed by atoms with E-state index in [1.807, 2.05) is 0 Å². The lowest BCUT2D eigenvalue weighted by molar-refractivity contribution is 0.791. The zero-order valence-corrected chi connectivity index (χ0v) is 14.6. The Hall–Kier alpha value is -1.82. The molecule has 0 amide bonds. The van der Waals surface area contributed by atoms with Crippen LogP contribution in [0.25, 0.3) is 16.3 Å². The molecule has 0 atom stereocenters. The SMILES string of the molecule is CCC/C=C1\CCC(c2cccc3ccccc23)=C1CCCC. The molecule has 120 valence electrons. The second-order valence-corrected chi connectivity index (χ2v) is 6.61. The molecule has 0 heteroatoms. The van der Waals surface area contributed by atoms with Crippen LogP contribution < -0.4 is 0 Å². The summed E-state index contributed by atoms with van der Waals surface area (Å²) in [7, 11) is 0. The van der Waals surface area contributed by atoms with Crippen LogP contribution in [0.5, 0.6) is 0 Å². The van der Waals surface area contributed by atoms with Crippen molar-refractivity contribution in [3.05, 3.63) is 65.3 Å². The van der Waals surface area contributed by atoms with E-state index in [-0.39, 0.29) is 0 Å². The van der Waals surface area contributed by atoms with Crippen LogP contribution in [0.3, 0.4) is 0 Å². The first-order chi connectivity index (χ1) is 11.3. The van der Waals surface area contributed by atoms with Crippen molar-refractivity contribution in [1.82, 2.24) is 0 Å². The van der Waals surface area contributed by atoms with E-state index in [4.69, 9.17) is 0 Å². The monoisotopic (exact) mass is 304 g/mol. The van der Waals surface area contributed by atoms with Crippen LogP contribution >= 0.6 is 0 Å². The van der Waals surface area contributed by atoms with Crippen molar-refractivity contribution in [2.45, 2.75) is 58.8 Å². The molecular weight excluding hydrogens is 276 g/mol. The Morgan fingerprint density at radius 1 is 0.913 bits per heavy atom. The summed E-state index contributed by atoms with van der Waals surface area (Å²) in [5.74, 6) is 0. The molecule has 3 rings (SSSR count). The molecule has 0 saturated heterocycles. The number of unbranched alkanes of at least 4 members (excludes halogenated alkanes) is 2. The fraction of sp³-hybridized carbons (Fsp3) is 0.391. The first-order valence-electron chi connectivity index (χ1n) is 9.24. The molecule has 0 N–H and O–H groups in total. The molecule has 0 aromatic heterocycles. The Morgan fingerprint density at radius 2 is 1.74 bits per heavy atom. The molecule has 0 bridgehead atoms. The Balaban J connectivity index is 2.09. The van der Waals surface area contributed by atoms with Crippen LogP contribution in [-0.2, 0) is 0 Å². The highest BCUT2D eigenvalue weighted by Gasteiger charge is 2.21. The minimum absolute atomic E-state index is 1.21. The molecule has 1 aliphatic carbocycles. The molecule has 0 heterocycles. The van der Waals surface area contributed by atoms with Crippen LogP contribution in [0.15, 0.2) is 59.7 Å². The van der Waals surface area contributed by atoms with Crippen LogP contribution in [0.1, 0.15) is 64.4 Å². The maximum absolute atomic E-state index is 2.50. The van der Waals surface area contributed by atoms with E-state index in [1.165, 1.54) is 61.3 Å². The standard InChI is InChI=1S/C23H28/c1-3-5-10-19-16-17-23(20(19)13-6-4-2)22-15-9-12-18-11-7-8-14-21(18)22/h7-12,14-15H,3-6,13,16-17H2,1-2H3/b19-10+. The van der Waals surface area contributed by atoms with Crippen LogP contribution in [-0.4, -0.2) is 0 Å². The third-order valence-electron chi connectivity index (χ3n) is 4.97. The highest BCUT2D eigenvalue weighted by atomic mass is 14.3. The quantitative estimate of drug-likeness (QED) is 0.525. The zero-order chi connectivity index (χ0) is 16.1. The summed E-state index contributed by atoms with van der Waals surface area (Å²) < 4.78 is 0. The maximum atomic E-state index is 2.50. The van der Waals surface area contributed by atoms with Gasteiger partial charge in [-0.1, -0.05) is 75.2 Å². The third kappa shape index (κ3) is 3.42. The molecule has 0 radical (unpaired) electrons. The lowest BCUT2D eigenvalue weighted by atomic mass is 9.93. The Kier molecular flexibility index (Phi) is 5.33. The lowest BCUT2D eigenvalue weighted by Gasteiger charge is -2.12. The van der Waals surface area contributed by atoms with Gasteiger partial charge in [0.05, 0.1) is 0 Å².